The molecule has 34 nitrogen and oxygen atoms in total. The van der Waals surface area contributed by atoms with Gasteiger partial charge in [0.2, 0.25) is 30.1 Å². The number of halogens is 12. The number of ether oxygens (including phenoxy) is 2. The molecule has 9 aromatic carbocycles. The number of aliphatic hydroxyl groups is 2. The number of likely N-dealkylation sites (N-methyl/N-ethyl adjacent to an activating group) is 2. The summed E-state index contributed by atoms with van der Waals surface area (Å²) in [5.41, 5.74) is 11.6. The molecule has 135 heavy (non-hydrogen) atoms. The molecular formula is C84H95Br6F6N11O23S5. The van der Waals surface area contributed by atoms with Crippen molar-refractivity contribution >= 4 is 176 Å². The van der Waals surface area contributed by atoms with Crippen molar-refractivity contribution in [1.29, 1.82) is 5.26 Å². The maximum atomic E-state index is 13.5. The molecular weight excluding hydrogens is 2280 g/mol. The van der Waals surface area contributed by atoms with Gasteiger partial charge in [-0.3, -0.25) is 38.7 Å². The fraction of sp³-hybridized carbons (Fsp3) is 0.321. The van der Waals surface area contributed by atoms with Crippen LogP contribution in [0.3, 0.4) is 0 Å². The van der Waals surface area contributed by atoms with Gasteiger partial charge in [-0.15, -0.1) is 0 Å². The molecule has 7 atom stereocenters. The van der Waals surface area contributed by atoms with Crippen molar-refractivity contribution in [1.82, 2.24) is 21.9 Å². The van der Waals surface area contributed by atoms with Gasteiger partial charge in [-0.2, -0.15) is 26.6 Å². The van der Waals surface area contributed by atoms with E-state index in [1.54, 1.807) is 78.8 Å². The van der Waals surface area contributed by atoms with Crippen LogP contribution in [-0.4, -0.2) is 164 Å². The predicted octanol–water partition coefficient (Wildman–Crippen LogP) is 19.3. The summed E-state index contributed by atoms with van der Waals surface area (Å²) in [6, 6.07) is 39.7. The third kappa shape index (κ3) is 37.8. The van der Waals surface area contributed by atoms with E-state index in [4.69, 9.17) is 44.8 Å². The maximum absolute atomic E-state index is 13.5. The van der Waals surface area contributed by atoms with Crippen molar-refractivity contribution in [2.75, 3.05) is 60.7 Å². The summed E-state index contributed by atoms with van der Waals surface area (Å²) in [5, 5.41) is 57.5. The Labute approximate surface area is 830 Å². The van der Waals surface area contributed by atoms with E-state index in [0.29, 0.717) is 59.0 Å². The number of aliphatic hydroxyl groups excluding tert-OH is 2. The van der Waals surface area contributed by atoms with Crippen molar-refractivity contribution in [3.05, 3.63) is 307 Å². The number of nitrogens with two attached hydrogens (primary N) is 2. The molecule has 7 N–H and O–H groups in total. The van der Waals surface area contributed by atoms with Crippen LogP contribution in [0.15, 0.2) is 224 Å². The van der Waals surface area contributed by atoms with Gasteiger partial charge in [-0.25, -0.2) is 74.4 Å². The number of hydrogen-bond acceptors (Lipinski definition) is 26. The average Bonchev–Trinajstić information content (AvgIpc) is 1.67. The van der Waals surface area contributed by atoms with Gasteiger partial charge in [0.1, 0.15) is 58.2 Å². The summed E-state index contributed by atoms with van der Waals surface area (Å²) in [5.74, 6) is -2.92. The highest BCUT2D eigenvalue weighted by Gasteiger charge is 2.46. The number of rotatable bonds is 21. The molecule has 0 aromatic heterocycles. The summed E-state index contributed by atoms with van der Waals surface area (Å²) in [6.07, 6.45) is -1.82. The molecule has 2 fully saturated rings. The van der Waals surface area contributed by atoms with Crippen LogP contribution in [0.25, 0.3) is 0 Å². The highest BCUT2D eigenvalue weighted by atomic mass is 79.9. The smallest absolute Gasteiger partial charge is 0.426 e. The van der Waals surface area contributed by atoms with Crippen LogP contribution in [0.4, 0.5) is 53.0 Å². The molecule has 0 saturated carbocycles. The van der Waals surface area contributed by atoms with Gasteiger partial charge in [0, 0.05) is 97.7 Å². The summed E-state index contributed by atoms with van der Waals surface area (Å²) >= 11 is 17.0. The maximum Gasteiger partial charge on any atom is 0.426 e. The predicted molar refractivity (Wildman–Crippen MR) is 513 cm³/mol. The van der Waals surface area contributed by atoms with E-state index >= 15 is 0 Å². The molecule has 0 bridgehead atoms. The lowest BCUT2D eigenvalue weighted by molar-refractivity contribution is -0.388. The Kier molecular flexibility index (Phi) is 48.2. The van der Waals surface area contributed by atoms with Crippen LogP contribution in [0.2, 0.25) is 0 Å². The molecule has 51 heteroatoms. The van der Waals surface area contributed by atoms with Gasteiger partial charge >= 0.3 is 22.5 Å². The number of sulfonamides is 3. The van der Waals surface area contributed by atoms with Crippen LogP contribution in [0.1, 0.15) is 139 Å². The first-order valence-electron chi connectivity index (χ1n) is 38.4. The summed E-state index contributed by atoms with van der Waals surface area (Å²) in [4.78, 5) is 53.6. The van der Waals surface area contributed by atoms with E-state index in [-0.39, 0.29) is 80.2 Å². The number of para-hydroxylation sites is 3. The molecule has 0 spiro atoms. The number of nitro groups is 3. The number of carbonyl (C=O) groups is 2. The third-order valence-corrected chi connectivity index (χ3v) is 27.8. The topological polar surface area (TPSA) is 495 Å². The fourth-order valence-electron chi connectivity index (χ4n) is 11.3. The van der Waals surface area contributed by atoms with E-state index < -0.39 is 159 Å². The van der Waals surface area contributed by atoms with Crippen molar-refractivity contribution < 1.29 is 117 Å². The van der Waals surface area contributed by atoms with Gasteiger partial charge in [0.15, 0.2) is 14.7 Å². The number of hydrogen-bond donors (Lipinski definition) is 5. The summed E-state index contributed by atoms with van der Waals surface area (Å²) in [6.45, 7) is 14.4. The third-order valence-electron chi connectivity index (χ3n) is 17.5. The SMILES string of the molecule is C.CC#N.CC(C)(C)OC(=O)N1[C@@H](c2cc(F)cc(Br)c2)COS1(=O)=O.CC(C)(C)OC(=O)N1[C@@H](c2cc(F)cc(Br)c2)COS1=O.CN(C[C@@H](N)c1cc(F)cc(Br)c1)S(=O)(=O)c1ccccc1[N+](=O)[O-].CNS(=O)(=O)c1ccccc1[N+](=O)[O-].C[C@H](CN(C)S(=O)(=O)c1ccccc1[N+](=O)[O-])c1cc(F)cc(Br)c1.C[C@H](CO)c1cc(F)cc(Br)c1.N[C@H](CO)c1cc(F)cc(Br)c1. The van der Waals surface area contributed by atoms with Gasteiger partial charge < -0.3 is 31.2 Å². The summed E-state index contributed by atoms with van der Waals surface area (Å²) < 4.78 is 217. The monoisotopic (exact) mass is 2370 g/mol. The molecule has 738 valence electrons. The highest BCUT2D eigenvalue weighted by molar-refractivity contribution is 9.11. The largest absolute Gasteiger partial charge is 0.443 e. The van der Waals surface area contributed by atoms with Crippen LogP contribution >= 0.6 is 95.6 Å². The Hall–Kier alpha value is -8.74. The van der Waals surface area contributed by atoms with Crippen LogP contribution in [0.5, 0.6) is 0 Å². The lowest BCUT2D eigenvalue weighted by Crippen LogP contribution is -2.39. The Morgan fingerprint density at radius 3 is 1.21 bits per heavy atom. The standard InChI is InChI=1S/C16H16BrFN2O4S.C15H15BrFN3O4S.C13H15BrFNO5S.C13H15BrFNO4S.C9H10BrFO.C8H9BrFNO.C7H8N2O4S.C2H3N.CH4/c1-11(12-7-13(17)9-14(18)8-12)10-19(2)25(23,24)16-6-4-3-5-15(16)20(21)22;1-19(9-13(18)10-6-11(16)8-12(17)7-10)25(23,24)15-5-3-2-4-14(15)20(21)22;1-13(2,3)21-12(17)16-11(7-20-22(16,18)19)8-4-9(14)6-10(15)5-8;1-13(2,3)20-12(17)16-11(7-19-21(16)18)8-4-9(14)6-10(15)5-8;1-6(5-12)7-2-8(10)4-9(11)3-7;9-6-1-5(8(11)4-12)2-7(10)3-6;1-8-14(12,13)7-5-3-2-4-6(7)9(10)11;1-2-3;/h3-9,11H,10H2,1-2H3;2-8,13H,9,18H2,1H3;4-6,11H,7H2,1-3H3;4-6,11H,7H2,1-3H3;2-4,6,12H,5H2,1H3;1-3,8,12H,4,11H2;2-5,8H,1H3;1H3;1H4/t11-;13-;11-;11-,21?;6-;8-;;;/m111111.../s1. The zero-order valence-electron chi connectivity index (χ0n) is 72.8. The molecule has 1 unspecified atom stereocenters. The van der Waals surface area contributed by atoms with Crippen molar-refractivity contribution in [3.63, 3.8) is 0 Å². The zero-order chi connectivity index (χ0) is 102. The first-order chi connectivity index (χ1) is 62.1. The minimum absolute atomic E-state index is 0. The average molecular weight is 2380 g/mol. The van der Waals surface area contributed by atoms with Crippen LogP contribution in [-0.2, 0) is 69.5 Å². The Bertz CT molecular complexity index is 5880. The first-order valence-corrected chi connectivity index (χ1v) is 50.0. The Balaban J connectivity index is 0.000000409. The van der Waals surface area contributed by atoms with E-state index in [0.717, 1.165) is 48.8 Å². The highest BCUT2D eigenvalue weighted by Crippen LogP contribution is 2.38. The molecule has 2 aliphatic heterocycles. The molecule has 0 radical (unpaired) electrons. The molecule has 2 aliphatic rings. The molecule has 2 saturated heterocycles. The normalized spacial score (nSPS) is 15.3. The second-order valence-electron chi connectivity index (χ2n) is 30.1. The quantitative estimate of drug-likeness (QED) is 0.0253. The molecule has 2 heterocycles. The fourth-order valence-corrected chi connectivity index (χ4v) is 19.9. The van der Waals surface area contributed by atoms with E-state index in [1.165, 1.54) is 149 Å². The molecule has 11 rings (SSSR count). The van der Waals surface area contributed by atoms with E-state index in [1.807, 2.05) is 17.7 Å². The van der Waals surface area contributed by atoms with Crippen molar-refractivity contribution in [3.8, 4) is 6.07 Å². The van der Waals surface area contributed by atoms with Crippen LogP contribution < -0.4 is 16.2 Å². The summed E-state index contributed by atoms with van der Waals surface area (Å²) in [7, 11) is -12.4. The van der Waals surface area contributed by atoms with Gasteiger partial charge in [-0.1, -0.05) is 153 Å². The number of carbonyl (C=O) groups excluding carboxylic acids is 2. The number of benzene rings is 9. The number of nitriles is 1. The minimum atomic E-state index is -4.26. The second-order valence-corrected chi connectivity index (χ2v) is 44.1. The van der Waals surface area contributed by atoms with Crippen LogP contribution in [0, 0.1) is 76.6 Å². The van der Waals surface area contributed by atoms with Gasteiger partial charge in [0.05, 0.1) is 46.7 Å². The minimum Gasteiger partial charge on any atom is -0.443 e. The van der Waals surface area contributed by atoms with E-state index in [9.17, 15) is 104 Å². The van der Waals surface area contributed by atoms with Crippen molar-refractivity contribution in [2.24, 2.45) is 11.5 Å². The van der Waals surface area contributed by atoms with E-state index in [2.05, 4.69) is 95.6 Å². The Morgan fingerprint density at radius 1 is 0.541 bits per heavy atom. The lowest BCUT2D eigenvalue weighted by atomic mass is 10.0. The first kappa shape index (κ1) is 120. The van der Waals surface area contributed by atoms with Gasteiger partial charge in [-0.05, 0) is 215 Å². The molecule has 2 amide bonds. The Morgan fingerprint density at radius 2 is 0.859 bits per heavy atom. The lowest BCUT2D eigenvalue weighted by Gasteiger charge is -2.26. The molecule has 0 aliphatic carbocycles. The zero-order valence-corrected chi connectivity index (χ0v) is 86.4. The van der Waals surface area contributed by atoms with Crippen molar-refractivity contribution in [2.45, 2.75) is 132 Å². The number of amides is 2. The number of nitro benzene ring substituents is 3. The number of nitrogens with one attached hydrogen (secondary N) is 1. The van der Waals surface area contributed by atoms with Gasteiger partial charge in [0.25, 0.3) is 28.3 Å². The number of nitrogens with zero attached hydrogens (tertiary/aromatic N) is 8. The molecule has 9 aromatic rings. The second kappa shape index (κ2) is 54.0.